The van der Waals surface area contributed by atoms with Gasteiger partial charge in [-0.25, -0.2) is 0 Å². The van der Waals surface area contributed by atoms with Crippen LogP contribution in [0.5, 0.6) is 0 Å². The highest BCUT2D eigenvalue weighted by molar-refractivity contribution is 9.10. The molecule has 0 fully saturated rings. The molecule has 0 spiro atoms. The van der Waals surface area contributed by atoms with E-state index in [0.717, 1.165) is 19.4 Å². The molecule has 2 N–H and O–H groups in total. The Morgan fingerprint density at radius 1 is 0.920 bits per heavy atom. The number of benzene rings is 2. The molecule has 0 aliphatic carbocycles. The summed E-state index contributed by atoms with van der Waals surface area (Å²) in [4.78, 5) is 18.1. The van der Waals surface area contributed by atoms with E-state index >= 15 is 0 Å². The summed E-state index contributed by atoms with van der Waals surface area (Å²) in [6.07, 6.45) is 1.68. The zero-order valence-electron chi connectivity index (χ0n) is 13.0. The Morgan fingerprint density at radius 2 is 1.56 bits per heavy atom. The lowest BCUT2D eigenvalue weighted by Crippen LogP contribution is -2.40. The molecule has 0 saturated carbocycles. The molecule has 0 bridgehead atoms. The van der Waals surface area contributed by atoms with E-state index in [-0.39, 0.29) is 0 Å². The Bertz CT molecular complexity index is 870. The normalized spacial score (nSPS) is 13.2. The molecule has 1 unspecified atom stereocenters. The van der Waals surface area contributed by atoms with Crippen molar-refractivity contribution < 1.29 is 4.79 Å². The SMILES string of the molecule is NC(=O)C(Sc1ccc(Br)cc1)(c1ccccc1)c1ccc(Br)cn1. The standard InChI is InChI=1S/C19H14Br2N2OS/c20-14-6-9-16(10-7-14)25-19(18(22)24,13-4-2-1-3-5-13)17-11-8-15(21)12-23-17/h1-12H,(H2,22,24). The van der Waals surface area contributed by atoms with Crippen molar-refractivity contribution in [2.24, 2.45) is 5.73 Å². The van der Waals surface area contributed by atoms with Gasteiger partial charge in [0.1, 0.15) is 0 Å². The van der Waals surface area contributed by atoms with Gasteiger partial charge in [0, 0.05) is 20.0 Å². The number of pyridine rings is 1. The van der Waals surface area contributed by atoms with Gasteiger partial charge < -0.3 is 5.73 Å². The first-order valence-corrected chi connectivity index (χ1v) is 9.84. The van der Waals surface area contributed by atoms with Crippen LogP contribution in [0.1, 0.15) is 11.3 Å². The number of thioether (sulfide) groups is 1. The molecule has 1 atom stereocenters. The van der Waals surface area contributed by atoms with Crippen LogP contribution in [0.25, 0.3) is 0 Å². The van der Waals surface area contributed by atoms with Gasteiger partial charge in [-0.05, 0) is 57.9 Å². The Balaban J connectivity index is 2.19. The minimum Gasteiger partial charge on any atom is -0.368 e. The third-order valence-electron chi connectivity index (χ3n) is 3.70. The fraction of sp³-hybridized carbons (Fsp3) is 0.0526. The summed E-state index contributed by atoms with van der Waals surface area (Å²) in [5.74, 6) is -0.457. The number of hydrogen-bond acceptors (Lipinski definition) is 3. The van der Waals surface area contributed by atoms with E-state index in [4.69, 9.17) is 5.73 Å². The molecule has 3 aromatic rings. The van der Waals surface area contributed by atoms with Crippen LogP contribution in [-0.4, -0.2) is 10.9 Å². The highest BCUT2D eigenvalue weighted by atomic mass is 79.9. The number of aromatic nitrogens is 1. The van der Waals surface area contributed by atoms with Gasteiger partial charge in [-0.3, -0.25) is 9.78 Å². The van der Waals surface area contributed by atoms with Gasteiger partial charge in [-0.15, -0.1) is 0 Å². The van der Waals surface area contributed by atoms with Gasteiger partial charge in [-0.2, -0.15) is 0 Å². The van der Waals surface area contributed by atoms with Crippen molar-refractivity contribution in [3.8, 4) is 0 Å². The molecule has 1 aromatic heterocycles. The molecule has 1 heterocycles. The summed E-state index contributed by atoms with van der Waals surface area (Å²) in [6, 6.07) is 21.0. The number of amides is 1. The first-order valence-electron chi connectivity index (χ1n) is 7.44. The summed E-state index contributed by atoms with van der Waals surface area (Å²) in [5, 5.41) is 0. The van der Waals surface area contributed by atoms with E-state index in [0.29, 0.717) is 5.69 Å². The van der Waals surface area contributed by atoms with Gasteiger partial charge >= 0.3 is 0 Å². The van der Waals surface area contributed by atoms with E-state index in [1.165, 1.54) is 11.8 Å². The Morgan fingerprint density at radius 3 is 2.12 bits per heavy atom. The molecule has 0 radical (unpaired) electrons. The smallest absolute Gasteiger partial charge is 0.244 e. The fourth-order valence-corrected chi connectivity index (χ4v) is 4.22. The van der Waals surface area contributed by atoms with E-state index in [1.54, 1.807) is 6.20 Å². The van der Waals surface area contributed by atoms with E-state index in [2.05, 4.69) is 36.8 Å². The van der Waals surface area contributed by atoms with Crippen molar-refractivity contribution in [2.45, 2.75) is 9.64 Å². The lowest BCUT2D eigenvalue weighted by Gasteiger charge is -2.30. The average Bonchev–Trinajstić information content (AvgIpc) is 2.63. The zero-order chi connectivity index (χ0) is 17.9. The first kappa shape index (κ1) is 18.2. The Kier molecular flexibility index (Phi) is 5.61. The van der Waals surface area contributed by atoms with E-state index in [1.807, 2.05) is 66.7 Å². The number of hydrogen-bond donors (Lipinski definition) is 1. The Hall–Kier alpha value is -1.63. The molecule has 126 valence electrons. The monoisotopic (exact) mass is 476 g/mol. The van der Waals surface area contributed by atoms with Gasteiger partial charge in [-0.1, -0.05) is 58.0 Å². The van der Waals surface area contributed by atoms with Crippen LogP contribution in [0, 0.1) is 0 Å². The van der Waals surface area contributed by atoms with Crippen LogP contribution in [-0.2, 0) is 9.54 Å². The van der Waals surface area contributed by atoms with E-state index < -0.39 is 10.7 Å². The summed E-state index contributed by atoms with van der Waals surface area (Å²) < 4.78 is 0.704. The number of primary amides is 1. The van der Waals surface area contributed by atoms with Crippen LogP contribution >= 0.6 is 43.6 Å². The lowest BCUT2D eigenvalue weighted by molar-refractivity contribution is -0.119. The van der Waals surface area contributed by atoms with Crippen LogP contribution in [0.15, 0.2) is 86.8 Å². The molecule has 25 heavy (non-hydrogen) atoms. The van der Waals surface area contributed by atoms with Crippen LogP contribution in [0.2, 0.25) is 0 Å². The number of carbonyl (C=O) groups excluding carboxylic acids is 1. The highest BCUT2D eigenvalue weighted by Crippen LogP contribution is 2.46. The molecule has 0 saturated heterocycles. The molecule has 3 rings (SSSR count). The number of nitrogens with zero attached hydrogens (tertiary/aromatic N) is 1. The molecule has 3 nitrogen and oxygen atoms in total. The maximum atomic E-state index is 12.7. The number of rotatable bonds is 5. The largest absolute Gasteiger partial charge is 0.368 e. The Labute approximate surface area is 167 Å². The van der Waals surface area contributed by atoms with Crippen LogP contribution in [0.4, 0.5) is 0 Å². The molecule has 1 amide bonds. The highest BCUT2D eigenvalue weighted by Gasteiger charge is 2.43. The molecule has 2 aromatic carbocycles. The summed E-state index contributed by atoms with van der Waals surface area (Å²) in [5.41, 5.74) is 7.33. The fourth-order valence-electron chi connectivity index (χ4n) is 2.51. The summed E-state index contributed by atoms with van der Waals surface area (Å²) >= 11 is 8.21. The van der Waals surface area contributed by atoms with Gasteiger partial charge in [0.15, 0.2) is 4.75 Å². The second-order valence-corrected chi connectivity index (χ2v) is 8.45. The molecule has 0 aliphatic heterocycles. The van der Waals surface area contributed by atoms with Gasteiger partial charge in [0.2, 0.25) is 5.91 Å². The summed E-state index contributed by atoms with van der Waals surface area (Å²) in [7, 11) is 0. The zero-order valence-corrected chi connectivity index (χ0v) is 17.0. The van der Waals surface area contributed by atoms with Crippen LogP contribution in [0.3, 0.4) is 0 Å². The molecule has 0 aliphatic rings. The van der Waals surface area contributed by atoms with Gasteiger partial charge in [0.25, 0.3) is 0 Å². The quantitative estimate of drug-likeness (QED) is 0.518. The summed E-state index contributed by atoms with van der Waals surface area (Å²) in [6.45, 7) is 0. The molecular formula is C19H14Br2N2OS. The van der Waals surface area contributed by atoms with Crippen molar-refractivity contribution in [1.29, 1.82) is 0 Å². The second-order valence-electron chi connectivity index (χ2n) is 5.33. The first-order chi connectivity index (χ1) is 12.0. The van der Waals surface area contributed by atoms with E-state index in [9.17, 15) is 4.79 Å². The number of carbonyl (C=O) groups is 1. The van der Waals surface area contributed by atoms with Crippen molar-refractivity contribution in [3.05, 3.63) is 93.1 Å². The van der Waals surface area contributed by atoms with Crippen molar-refractivity contribution >= 4 is 49.5 Å². The average molecular weight is 478 g/mol. The molecular weight excluding hydrogens is 464 g/mol. The van der Waals surface area contributed by atoms with Crippen molar-refractivity contribution in [1.82, 2.24) is 4.98 Å². The van der Waals surface area contributed by atoms with Crippen LogP contribution < -0.4 is 5.73 Å². The lowest BCUT2D eigenvalue weighted by atomic mass is 9.93. The topological polar surface area (TPSA) is 56.0 Å². The minimum atomic E-state index is -1.12. The maximum absolute atomic E-state index is 12.7. The predicted molar refractivity (Wildman–Crippen MR) is 108 cm³/mol. The second kappa shape index (κ2) is 7.72. The van der Waals surface area contributed by atoms with Gasteiger partial charge in [0.05, 0.1) is 5.69 Å². The number of nitrogens with two attached hydrogens (primary N) is 1. The van der Waals surface area contributed by atoms with Crippen molar-refractivity contribution in [2.75, 3.05) is 0 Å². The predicted octanol–water partition coefficient (Wildman–Crippen LogP) is 5.13. The minimum absolute atomic E-state index is 0.457. The third kappa shape index (κ3) is 3.81. The maximum Gasteiger partial charge on any atom is 0.244 e. The number of halogens is 2. The third-order valence-corrected chi connectivity index (χ3v) is 6.16. The molecule has 6 heteroatoms. The van der Waals surface area contributed by atoms with Crippen molar-refractivity contribution in [3.63, 3.8) is 0 Å².